The van der Waals surface area contributed by atoms with Crippen LogP contribution < -0.4 is 4.90 Å². The van der Waals surface area contributed by atoms with Crippen molar-refractivity contribution in [3.05, 3.63) is 47.6 Å². The van der Waals surface area contributed by atoms with E-state index in [9.17, 15) is 0 Å². The summed E-state index contributed by atoms with van der Waals surface area (Å²) in [5.74, 6) is 0.729. The number of aromatic nitrogens is 4. The summed E-state index contributed by atoms with van der Waals surface area (Å²) < 4.78 is 2.17. The van der Waals surface area contributed by atoms with E-state index in [-0.39, 0.29) is 0 Å². The number of hydrogen-bond donors (Lipinski definition) is 0. The Labute approximate surface area is 138 Å². The van der Waals surface area contributed by atoms with Crippen molar-refractivity contribution in [2.75, 3.05) is 18.0 Å². The van der Waals surface area contributed by atoms with Crippen LogP contribution in [0.25, 0.3) is 11.0 Å². The normalized spacial score (nSPS) is 17.6. The van der Waals surface area contributed by atoms with Gasteiger partial charge in [-0.3, -0.25) is 0 Å². The predicted octanol–water partition coefficient (Wildman–Crippen LogP) is 2.80. The second-order valence-electron chi connectivity index (χ2n) is 5.53. The van der Waals surface area contributed by atoms with Crippen LogP contribution >= 0.6 is 11.6 Å². The van der Waals surface area contributed by atoms with Crippen molar-refractivity contribution in [2.24, 2.45) is 0 Å². The maximum absolute atomic E-state index is 8.99. The van der Waals surface area contributed by atoms with Gasteiger partial charge >= 0.3 is 0 Å². The molecule has 1 aliphatic heterocycles. The molecule has 0 bridgehead atoms. The summed E-state index contributed by atoms with van der Waals surface area (Å²) in [5.41, 5.74) is 2.52. The van der Waals surface area contributed by atoms with E-state index in [4.69, 9.17) is 16.9 Å². The highest BCUT2D eigenvalue weighted by atomic mass is 35.5. The lowest BCUT2D eigenvalue weighted by Crippen LogP contribution is -2.22. The molecule has 2 aromatic heterocycles. The van der Waals surface area contributed by atoms with E-state index in [1.165, 1.54) is 0 Å². The molecule has 0 aliphatic carbocycles. The Morgan fingerprint density at radius 1 is 1.22 bits per heavy atom. The van der Waals surface area contributed by atoms with Crippen molar-refractivity contribution < 1.29 is 0 Å². The Bertz CT molecular complexity index is 912. The van der Waals surface area contributed by atoms with E-state index in [0.29, 0.717) is 16.8 Å². The average molecular weight is 325 g/mol. The zero-order valence-electron chi connectivity index (χ0n) is 12.2. The van der Waals surface area contributed by atoms with Crippen LogP contribution in [0.5, 0.6) is 0 Å². The van der Waals surface area contributed by atoms with Crippen LogP contribution in [0.15, 0.2) is 36.9 Å². The molecule has 114 valence electrons. The van der Waals surface area contributed by atoms with Gasteiger partial charge in [0.1, 0.15) is 0 Å². The first-order valence-corrected chi connectivity index (χ1v) is 7.72. The Balaban J connectivity index is 1.63. The molecule has 1 unspecified atom stereocenters. The second-order valence-corrected chi connectivity index (χ2v) is 5.88. The van der Waals surface area contributed by atoms with Gasteiger partial charge in [-0.2, -0.15) is 5.26 Å². The Morgan fingerprint density at radius 2 is 2.09 bits per heavy atom. The van der Waals surface area contributed by atoms with Gasteiger partial charge in [-0.1, -0.05) is 11.6 Å². The monoisotopic (exact) mass is 324 g/mol. The molecule has 1 aliphatic rings. The maximum atomic E-state index is 8.99. The fourth-order valence-electron chi connectivity index (χ4n) is 3.08. The molecule has 1 aromatic carbocycles. The van der Waals surface area contributed by atoms with Gasteiger partial charge in [0.2, 0.25) is 0 Å². The molecule has 1 saturated heterocycles. The first kappa shape index (κ1) is 14.0. The molecular formula is C16H13ClN6. The van der Waals surface area contributed by atoms with E-state index in [2.05, 4.69) is 30.5 Å². The topological polar surface area (TPSA) is 70.6 Å². The van der Waals surface area contributed by atoms with Crippen LogP contribution in [0.4, 0.5) is 5.82 Å². The van der Waals surface area contributed by atoms with Crippen LogP contribution in [0, 0.1) is 11.3 Å². The molecule has 0 N–H and O–H groups in total. The maximum Gasteiger partial charge on any atom is 0.171 e. The largest absolute Gasteiger partial charge is 0.352 e. The predicted molar refractivity (Wildman–Crippen MR) is 87.4 cm³/mol. The lowest BCUT2D eigenvalue weighted by molar-refractivity contribution is 0.566. The van der Waals surface area contributed by atoms with Crippen molar-refractivity contribution in [3.8, 4) is 6.07 Å². The lowest BCUT2D eigenvalue weighted by atomic mass is 10.2. The molecule has 7 heteroatoms. The molecule has 3 aromatic rings. The van der Waals surface area contributed by atoms with Crippen LogP contribution in [-0.2, 0) is 0 Å². The number of rotatable bonds is 2. The van der Waals surface area contributed by atoms with Gasteiger partial charge in [-0.05, 0) is 24.6 Å². The number of nitrogens with zero attached hydrogens (tertiary/aromatic N) is 6. The zero-order chi connectivity index (χ0) is 15.8. The van der Waals surface area contributed by atoms with Crippen molar-refractivity contribution >= 4 is 28.5 Å². The molecule has 23 heavy (non-hydrogen) atoms. The number of halogens is 1. The minimum absolute atomic E-state index is 0.297. The molecular weight excluding hydrogens is 312 g/mol. The minimum Gasteiger partial charge on any atom is -0.352 e. The van der Waals surface area contributed by atoms with Gasteiger partial charge in [0.25, 0.3) is 0 Å². The molecule has 0 radical (unpaired) electrons. The fourth-order valence-corrected chi connectivity index (χ4v) is 3.30. The van der Waals surface area contributed by atoms with Gasteiger partial charge in [0, 0.05) is 25.5 Å². The standard InChI is InChI=1S/C16H13ClN6/c17-15-16(20-5-4-19-15)22-6-3-12(9-22)23-10-21-13-7-11(8-18)1-2-14(13)23/h1-2,4-5,7,10,12H,3,6,9H2. The smallest absolute Gasteiger partial charge is 0.171 e. The van der Waals surface area contributed by atoms with Crippen LogP contribution in [0.1, 0.15) is 18.0 Å². The number of nitriles is 1. The number of hydrogen-bond acceptors (Lipinski definition) is 5. The van der Waals surface area contributed by atoms with E-state index < -0.39 is 0 Å². The first-order chi connectivity index (χ1) is 11.3. The molecule has 0 spiro atoms. The summed E-state index contributed by atoms with van der Waals surface area (Å²) in [4.78, 5) is 15.0. The molecule has 6 nitrogen and oxygen atoms in total. The second kappa shape index (κ2) is 5.52. The van der Waals surface area contributed by atoms with E-state index in [0.717, 1.165) is 36.4 Å². The van der Waals surface area contributed by atoms with Crippen LogP contribution in [-0.4, -0.2) is 32.6 Å². The fraction of sp³-hybridized carbons (Fsp3) is 0.250. The van der Waals surface area contributed by atoms with Gasteiger partial charge < -0.3 is 9.47 Å². The third-order valence-corrected chi connectivity index (χ3v) is 4.46. The zero-order valence-corrected chi connectivity index (χ0v) is 13.0. The summed E-state index contributed by atoms with van der Waals surface area (Å²) >= 11 is 6.14. The van der Waals surface area contributed by atoms with E-state index in [1.807, 2.05) is 24.5 Å². The SMILES string of the molecule is N#Cc1ccc2c(c1)ncn2C1CCN(c2nccnc2Cl)C1. The summed E-state index contributed by atoms with van der Waals surface area (Å²) in [6, 6.07) is 8.04. The van der Waals surface area contributed by atoms with E-state index >= 15 is 0 Å². The summed E-state index contributed by atoms with van der Waals surface area (Å²) in [6.07, 6.45) is 6.08. The van der Waals surface area contributed by atoms with Gasteiger partial charge in [-0.25, -0.2) is 15.0 Å². The first-order valence-electron chi connectivity index (χ1n) is 7.34. The molecule has 1 atom stereocenters. The van der Waals surface area contributed by atoms with Crippen molar-refractivity contribution in [1.29, 1.82) is 5.26 Å². The van der Waals surface area contributed by atoms with Gasteiger partial charge in [-0.15, -0.1) is 0 Å². The van der Waals surface area contributed by atoms with Crippen LogP contribution in [0.2, 0.25) is 5.15 Å². The van der Waals surface area contributed by atoms with E-state index in [1.54, 1.807) is 12.4 Å². The third kappa shape index (κ3) is 2.39. The highest BCUT2D eigenvalue weighted by Crippen LogP contribution is 2.31. The quantitative estimate of drug-likeness (QED) is 0.725. The number of anilines is 1. The van der Waals surface area contributed by atoms with Crippen molar-refractivity contribution in [3.63, 3.8) is 0 Å². The minimum atomic E-state index is 0.297. The van der Waals surface area contributed by atoms with Gasteiger partial charge in [0.15, 0.2) is 11.0 Å². The summed E-state index contributed by atoms with van der Waals surface area (Å²) in [6.45, 7) is 1.68. The molecule has 0 amide bonds. The summed E-state index contributed by atoms with van der Waals surface area (Å²) in [5, 5.41) is 9.42. The number of fused-ring (bicyclic) bond motifs is 1. The summed E-state index contributed by atoms with van der Waals surface area (Å²) in [7, 11) is 0. The lowest BCUT2D eigenvalue weighted by Gasteiger charge is -2.18. The Morgan fingerprint density at radius 3 is 2.91 bits per heavy atom. The molecule has 0 saturated carbocycles. The molecule has 4 rings (SSSR count). The average Bonchev–Trinajstić information content (AvgIpc) is 3.21. The highest BCUT2D eigenvalue weighted by Gasteiger charge is 2.27. The number of imidazole rings is 1. The number of benzene rings is 1. The third-order valence-electron chi connectivity index (χ3n) is 4.20. The Hall–Kier alpha value is -2.65. The highest BCUT2D eigenvalue weighted by molar-refractivity contribution is 6.31. The molecule has 3 heterocycles. The van der Waals surface area contributed by atoms with Crippen molar-refractivity contribution in [2.45, 2.75) is 12.5 Å². The van der Waals surface area contributed by atoms with Gasteiger partial charge in [0.05, 0.1) is 35.0 Å². The van der Waals surface area contributed by atoms with Crippen LogP contribution in [0.3, 0.4) is 0 Å². The Kier molecular flexibility index (Phi) is 3.36. The van der Waals surface area contributed by atoms with Crippen molar-refractivity contribution in [1.82, 2.24) is 19.5 Å². The molecule has 1 fully saturated rings.